The lowest BCUT2D eigenvalue weighted by Crippen LogP contribution is -2.36. The van der Waals surface area contributed by atoms with E-state index in [0.717, 1.165) is 25.7 Å². The van der Waals surface area contributed by atoms with Gasteiger partial charge in [0.1, 0.15) is 5.78 Å². The van der Waals surface area contributed by atoms with E-state index in [9.17, 15) is 18.0 Å². The fraction of sp³-hybridized carbons (Fsp3) is 0.909. The average Bonchev–Trinajstić information content (AvgIpc) is 2.65. The lowest BCUT2D eigenvalue weighted by Gasteiger charge is -2.25. The smallest absolute Gasteiger partial charge is 0.329 e. The molecule has 0 amide bonds. The zero-order valence-electron chi connectivity index (χ0n) is 9.28. The van der Waals surface area contributed by atoms with Crippen molar-refractivity contribution in [2.75, 3.05) is 6.54 Å². The minimum Gasteiger partial charge on any atom is -0.329 e. The van der Waals surface area contributed by atoms with Crippen molar-refractivity contribution in [2.24, 2.45) is 11.1 Å². The van der Waals surface area contributed by atoms with Crippen molar-refractivity contribution < 1.29 is 18.0 Å². The van der Waals surface area contributed by atoms with Crippen LogP contribution in [0.4, 0.5) is 13.2 Å². The molecule has 0 bridgehead atoms. The van der Waals surface area contributed by atoms with Crippen molar-refractivity contribution in [3.63, 3.8) is 0 Å². The predicted molar refractivity (Wildman–Crippen MR) is 54.9 cm³/mol. The molecule has 0 heterocycles. The van der Waals surface area contributed by atoms with Crippen LogP contribution < -0.4 is 5.73 Å². The molecule has 5 heteroatoms. The minimum absolute atomic E-state index is 0.0106. The van der Waals surface area contributed by atoms with E-state index in [4.69, 9.17) is 5.73 Å². The Hall–Kier alpha value is -0.580. The zero-order valence-corrected chi connectivity index (χ0v) is 9.28. The standard InChI is InChI=1S/C11H18F3NO/c12-11(13,14)7-3-4-9(16)10(8-15)5-1-2-6-10/h1-8,15H2. The van der Waals surface area contributed by atoms with Crippen LogP contribution in [0.25, 0.3) is 0 Å². The van der Waals surface area contributed by atoms with Gasteiger partial charge in [0.15, 0.2) is 0 Å². The highest BCUT2D eigenvalue weighted by Crippen LogP contribution is 2.39. The van der Waals surface area contributed by atoms with Crippen molar-refractivity contribution in [3.05, 3.63) is 0 Å². The number of halogens is 3. The first-order valence-corrected chi connectivity index (χ1v) is 5.70. The monoisotopic (exact) mass is 237 g/mol. The molecule has 1 rings (SSSR count). The first kappa shape index (κ1) is 13.5. The third kappa shape index (κ3) is 3.47. The Bertz CT molecular complexity index is 244. The molecule has 1 aliphatic rings. The molecule has 1 fully saturated rings. The summed E-state index contributed by atoms with van der Waals surface area (Å²) < 4.78 is 35.8. The average molecular weight is 237 g/mol. The molecule has 0 aliphatic heterocycles. The second kappa shape index (κ2) is 5.17. The molecule has 0 aromatic rings. The van der Waals surface area contributed by atoms with Gasteiger partial charge in [0.2, 0.25) is 0 Å². The molecule has 1 aliphatic carbocycles. The maximum atomic E-state index is 11.9. The number of Topliss-reactive ketones (excluding diaryl/α,β-unsaturated/α-hetero) is 1. The van der Waals surface area contributed by atoms with Crippen molar-refractivity contribution in [3.8, 4) is 0 Å². The van der Waals surface area contributed by atoms with Crippen LogP contribution in [-0.4, -0.2) is 18.5 Å². The van der Waals surface area contributed by atoms with Crippen LogP contribution in [0.1, 0.15) is 44.9 Å². The Morgan fingerprint density at radius 3 is 2.25 bits per heavy atom. The van der Waals surface area contributed by atoms with Crippen LogP contribution in [0.15, 0.2) is 0 Å². The van der Waals surface area contributed by atoms with Crippen LogP contribution in [-0.2, 0) is 4.79 Å². The third-order valence-electron chi connectivity index (χ3n) is 3.41. The van der Waals surface area contributed by atoms with E-state index in [1.807, 2.05) is 0 Å². The second-order valence-electron chi connectivity index (χ2n) is 4.58. The van der Waals surface area contributed by atoms with E-state index in [0.29, 0.717) is 0 Å². The van der Waals surface area contributed by atoms with Gasteiger partial charge in [0, 0.05) is 24.8 Å². The summed E-state index contributed by atoms with van der Waals surface area (Å²) in [7, 11) is 0. The maximum Gasteiger partial charge on any atom is 0.389 e. The minimum atomic E-state index is -4.16. The molecule has 1 saturated carbocycles. The number of rotatable bonds is 5. The van der Waals surface area contributed by atoms with E-state index in [1.165, 1.54) is 0 Å². The van der Waals surface area contributed by atoms with Gasteiger partial charge in [-0.1, -0.05) is 12.8 Å². The Kier molecular flexibility index (Phi) is 4.35. The van der Waals surface area contributed by atoms with Gasteiger partial charge in [0.05, 0.1) is 0 Å². The molecule has 0 aromatic heterocycles. The van der Waals surface area contributed by atoms with Crippen LogP contribution >= 0.6 is 0 Å². The highest BCUT2D eigenvalue weighted by atomic mass is 19.4. The highest BCUT2D eigenvalue weighted by molar-refractivity contribution is 5.85. The maximum absolute atomic E-state index is 11.9. The lowest BCUT2D eigenvalue weighted by atomic mass is 9.80. The Morgan fingerprint density at radius 2 is 1.81 bits per heavy atom. The summed E-state index contributed by atoms with van der Waals surface area (Å²) in [6.07, 6.45) is -1.72. The van der Waals surface area contributed by atoms with E-state index < -0.39 is 18.0 Å². The summed E-state index contributed by atoms with van der Waals surface area (Å²) in [4.78, 5) is 11.8. The van der Waals surface area contributed by atoms with Gasteiger partial charge in [-0.25, -0.2) is 0 Å². The summed E-state index contributed by atoms with van der Waals surface area (Å²) in [5.41, 5.74) is 5.08. The quantitative estimate of drug-likeness (QED) is 0.799. The SMILES string of the molecule is NCC1(C(=O)CCCC(F)(F)F)CCCC1. The fourth-order valence-electron chi connectivity index (χ4n) is 2.36. The number of hydrogen-bond donors (Lipinski definition) is 1. The summed E-state index contributed by atoms with van der Waals surface area (Å²) in [6.45, 7) is 0.276. The van der Waals surface area contributed by atoms with Gasteiger partial charge in [-0.2, -0.15) is 13.2 Å². The topological polar surface area (TPSA) is 43.1 Å². The first-order valence-electron chi connectivity index (χ1n) is 5.70. The molecule has 0 radical (unpaired) electrons. The number of hydrogen-bond acceptors (Lipinski definition) is 2. The Morgan fingerprint density at radius 1 is 1.25 bits per heavy atom. The molecule has 0 atom stereocenters. The number of ketones is 1. The molecule has 0 spiro atoms. The number of alkyl halides is 3. The predicted octanol–water partition coefficient (Wildman–Crippen LogP) is 2.81. The van der Waals surface area contributed by atoms with E-state index in [-0.39, 0.29) is 25.2 Å². The summed E-state index contributed by atoms with van der Waals surface area (Å²) in [5.74, 6) is -0.0725. The van der Waals surface area contributed by atoms with Gasteiger partial charge in [0.25, 0.3) is 0 Å². The highest BCUT2D eigenvalue weighted by Gasteiger charge is 2.39. The van der Waals surface area contributed by atoms with Crippen LogP contribution in [0, 0.1) is 5.41 Å². The van der Waals surface area contributed by atoms with Gasteiger partial charge in [-0.05, 0) is 19.3 Å². The summed E-state index contributed by atoms with van der Waals surface area (Å²) in [6, 6.07) is 0. The van der Waals surface area contributed by atoms with Crippen LogP contribution in [0.3, 0.4) is 0 Å². The molecule has 16 heavy (non-hydrogen) atoms. The number of nitrogens with two attached hydrogens (primary N) is 1. The normalized spacial score (nSPS) is 20.0. The lowest BCUT2D eigenvalue weighted by molar-refractivity contribution is -0.139. The zero-order chi connectivity index (χ0) is 12.2. The fourth-order valence-corrected chi connectivity index (χ4v) is 2.36. The molecule has 2 nitrogen and oxygen atoms in total. The summed E-state index contributed by atoms with van der Waals surface area (Å²) in [5, 5.41) is 0. The van der Waals surface area contributed by atoms with Crippen LogP contribution in [0.2, 0.25) is 0 Å². The summed E-state index contributed by atoms with van der Waals surface area (Å²) >= 11 is 0. The Balaban J connectivity index is 2.39. The van der Waals surface area contributed by atoms with Gasteiger partial charge < -0.3 is 5.73 Å². The number of carbonyl (C=O) groups is 1. The second-order valence-corrected chi connectivity index (χ2v) is 4.58. The van der Waals surface area contributed by atoms with Crippen LogP contribution in [0.5, 0.6) is 0 Å². The van der Waals surface area contributed by atoms with Gasteiger partial charge in [-0.3, -0.25) is 4.79 Å². The molecule has 0 aromatic carbocycles. The largest absolute Gasteiger partial charge is 0.389 e. The molecular formula is C11H18F3NO. The van der Waals surface area contributed by atoms with E-state index in [1.54, 1.807) is 0 Å². The van der Waals surface area contributed by atoms with E-state index in [2.05, 4.69) is 0 Å². The molecule has 0 unspecified atom stereocenters. The van der Waals surface area contributed by atoms with Gasteiger partial charge in [-0.15, -0.1) is 0 Å². The Labute approximate surface area is 93.4 Å². The van der Waals surface area contributed by atoms with Gasteiger partial charge >= 0.3 is 6.18 Å². The molecule has 0 saturated heterocycles. The third-order valence-corrected chi connectivity index (χ3v) is 3.41. The van der Waals surface area contributed by atoms with Crippen molar-refractivity contribution in [1.29, 1.82) is 0 Å². The molecule has 2 N–H and O–H groups in total. The molecular weight excluding hydrogens is 219 g/mol. The molecule has 94 valence electrons. The number of carbonyl (C=O) groups excluding carboxylic acids is 1. The first-order chi connectivity index (χ1) is 7.40. The van der Waals surface area contributed by atoms with Crippen molar-refractivity contribution in [1.82, 2.24) is 0 Å². The van der Waals surface area contributed by atoms with Crippen molar-refractivity contribution >= 4 is 5.78 Å². The van der Waals surface area contributed by atoms with Crippen molar-refractivity contribution in [2.45, 2.75) is 51.1 Å². The van der Waals surface area contributed by atoms with E-state index >= 15 is 0 Å².